The fourth-order valence-corrected chi connectivity index (χ4v) is 2.08. The highest BCUT2D eigenvalue weighted by molar-refractivity contribution is 14.1. The van der Waals surface area contributed by atoms with Crippen LogP contribution in [0.25, 0.3) is 0 Å². The average Bonchev–Trinajstić information content (AvgIpc) is 2.34. The Balaban J connectivity index is 3.05. The SMILES string of the molecule is CC(C)C(OC(=O)c1ccc(I)cc1O)C(F)(F)C(=O)[O-]. The van der Waals surface area contributed by atoms with Crippen LogP contribution in [0.2, 0.25) is 0 Å². The van der Waals surface area contributed by atoms with Crippen molar-refractivity contribution in [3.05, 3.63) is 27.3 Å². The minimum absolute atomic E-state index is 0.324. The van der Waals surface area contributed by atoms with Crippen molar-refractivity contribution in [2.75, 3.05) is 0 Å². The third-order valence-corrected chi connectivity index (χ3v) is 3.32. The van der Waals surface area contributed by atoms with E-state index in [1.54, 1.807) is 0 Å². The molecule has 0 spiro atoms. The molecule has 0 fully saturated rings. The van der Waals surface area contributed by atoms with Crippen molar-refractivity contribution >= 4 is 34.5 Å². The van der Waals surface area contributed by atoms with E-state index < -0.39 is 35.6 Å². The van der Waals surface area contributed by atoms with Crippen molar-refractivity contribution in [1.82, 2.24) is 0 Å². The first-order chi connectivity index (χ1) is 9.57. The fraction of sp³-hybridized carbons (Fsp3) is 0.385. The predicted molar refractivity (Wildman–Crippen MR) is 74.8 cm³/mol. The van der Waals surface area contributed by atoms with Crippen LogP contribution in [-0.4, -0.2) is 29.1 Å². The van der Waals surface area contributed by atoms with Crippen molar-refractivity contribution in [3.63, 3.8) is 0 Å². The molecule has 1 unspecified atom stereocenters. The van der Waals surface area contributed by atoms with Gasteiger partial charge in [-0.2, -0.15) is 8.78 Å². The highest BCUT2D eigenvalue weighted by Gasteiger charge is 2.46. The molecule has 0 radical (unpaired) electrons. The maximum Gasteiger partial charge on any atom is 0.342 e. The molecule has 0 aromatic heterocycles. The Hall–Kier alpha value is -1.45. The molecule has 8 heteroatoms. The third kappa shape index (κ3) is 4.02. The quantitative estimate of drug-likeness (QED) is 0.585. The van der Waals surface area contributed by atoms with Gasteiger partial charge in [0.25, 0.3) is 0 Å². The first kappa shape index (κ1) is 17.6. The number of carboxylic acid groups (broad SMARTS) is 1. The number of carbonyl (C=O) groups excluding carboxylic acids is 2. The number of alkyl halides is 2. The average molecular weight is 413 g/mol. The van der Waals surface area contributed by atoms with Crippen LogP contribution < -0.4 is 5.11 Å². The lowest BCUT2D eigenvalue weighted by molar-refractivity contribution is -0.337. The number of esters is 1. The Morgan fingerprint density at radius 3 is 2.38 bits per heavy atom. The van der Waals surface area contributed by atoms with E-state index in [0.717, 1.165) is 0 Å². The van der Waals surface area contributed by atoms with E-state index in [2.05, 4.69) is 4.74 Å². The Morgan fingerprint density at radius 2 is 1.95 bits per heavy atom. The van der Waals surface area contributed by atoms with E-state index in [0.29, 0.717) is 3.57 Å². The van der Waals surface area contributed by atoms with Gasteiger partial charge in [-0.05, 0) is 46.7 Å². The summed E-state index contributed by atoms with van der Waals surface area (Å²) in [4.78, 5) is 22.3. The normalized spacial score (nSPS) is 13.0. The van der Waals surface area contributed by atoms with Gasteiger partial charge in [-0.25, -0.2) is 4.79 Å². The number of carboxylic acids is 1. The first-order valence-corrected chi connectivity index (χ1v) is 6.94. The molecule has 0 amide bonds. The smallest absolute Gasteiger partial charge is 0.342 e. The maximum absolute atomic E-state index is 13.5. The number of carbonyl (C=O) groups is 2. The van der Waals surface area contributed by atoms with Gasteiger partial charge in [0.15, 0.2) is 6.10 Å². The molecule has 0 saturated heterocycles. The molecule has 0 aliphatic rings. The van der Waals surface area contributed by atoms with Crippen LogP contribution >= 0.6 is 22.6 Å². The second-order valence-corrected chi connectivity index (χ2v) is 5.89. The highest BCUT2D eigenvalue weighted by atomic mass is 127. The molecular formula is C13H12F2IO5-. The number of benzene rings is 1. The second-order valence-electron chi connectivity index (χ2n) is 4.64. The molecule has 1 atom stereocenters. The van der Waals surface area contributed by atoms with Crippen molar-refractivity contribution < 1.29 is 33.3 Å². The summed E-state index contributed by atoms with van der Waals surface area (Å²) < 4.78 is 32.2. The number of halogens is 3. The summed E-state index contributed by atoms with van der Waals surface area (Å²) in [5.41, 5.74) is -0.324. The molecule has 1 aromatic rings. The number of phenolic OH excluding ortho intramolecular Hbond substituents is 1. The Bertz CT molecular complexity index is 559. The van der Waals surface area contributed by atoms with Gasteiger partial charge < -0.3 is 19.7 Å². The topological polar surface area (TPSA) is 86.7 Å². The Labute approximate surface area is 133 Å². The molecule has 5 nitrogen and oxygen atoms in total. The number of aliphatic carboxylic acids is 1. The van der Waals surface area contributed by atoms with Gasteiger partial charge in [-0.1, -0.05) is 13.8 Å². The lowest BCUT2D eigenvalue weighted by atomic mass is 10.0. The van der Waals surface area contributed by atoms with E-state index in [9.17, 15) is 28.6 Å². The highest BCUT2D eigenvalue weighted by Crippen LogP contribution is 2.29. The molecular weight excluding hydrogens is 401 g/mol. The van der Waals surface area contributed by atoms with Crippen molar-refractivity contribution in [3.8, 4) is 5.75 Å². The van der Waals surface area contributed by atoms with Gasteiger partial charge in [0.1, 0.15) is 17.3 Å². The molecule has 0 aliphatic carbocycles. The minimum Gasteiger partial charge on any atom is -0.544 e. The molecule has 0 heterocycles. The summed E-state index contributed by atoms with van der Waals surface area (Å²) in [7, 11) is 0. The summed E-state index contributed by atoms with van der Waals surface area (Å²) in [5.74, 6) is -9.59. The van der Waals surface area contributed by atoms with E-state index in [4.69, 9.17) is 0 Å². The van der Waals surface area contributed by atoms with Crippen molar-refractivity contribution in [1.29, 1.82) is 0 Å². The lowest BCUT2D eigenvalue weighted by Crippen LogP contribution is -2.53. The zero-order chi connectivity index (χ0) is 16.4. The van der Waals surface area contributed by atoms with Gasteiger partial charge >= 0.3 is 11.9 Å². The van der Waals surface area contributed by atoms with Crippen LogP contribution in [0.5, 0.6) is 5.75 Å². The molecule has 116 valence electrons. The number of rotatable bonds is 5. The van der Waals surface area contributed by atoms with E-state index in [-0.39, 0.29) is 5.56 Å². The number of phenols is 1. The molecule has 1 rings (SSSR count). The zero-order valence-electron chi connectivity index (χ0n) is 11.1. The van der Waals surface area contributed by atoms with Crippen LogP contribution in [0, 0.1) is 9.49 Å². The van der Waals surface area contributed by atoms with E-state index in [1.807, 2.05) is 22.6 Å². The summed E-state index contributed by atoms with van der Waals surface area (Å²) in [5, 5.41) is 20.1. The summed E-state index contributed by atoms with van der Waals surface area (Å²) in [6.45, 7) is 2.56. The molecule has 0 aliphatic heterocycles. The van der Waals surface area contributed by atoms with Crippen LogP contribution in [0.4, 0.5) is 8.78 Å². The van der Waals surface area contributed by atoms with E-state index in [1.165, 1.54) is 32.0 Å². The predicted octanol–water partition coefficient (Wildman–Crippen LogP) is 1.56. The standard InChI is InChI=1S/C13H13F2IO5/c1-6(2)10(13(14,15)12(19)20)21-11(18)8-4-3-7(16)5-9(8)17/h3-6,10,17H,1-2H3,(H,19,20)/p-1. The van der Waals surface area contributed by atoms with Crippen LogP contribution in [0.3, 0.4) is 0 Å². The molecule has 0 bridgehead atoms. The van der Waals surface area contributed by atoms with Crippen LogP contribution in [-0.2, 0) is 9.53 Å². The van der Waals surface area contributed by atoms with Crippen molar-refractivity contribution in [2.45, 2.75) is 25.9 Å². The number of aromatic hydroxyl groups is 1. The van der Waals surface area contributed by atoms with Crippen LogP contribution in [0.1, 0.15) is 24.2 Å². The monoisotopic (exact) mass is 413 g/mol. The van der Waals surface area contributed by atoms with Gasteiger partial charge in [0.2, 0.25) is 0 Å². The molecule has 0 saturated carbocycles. The zero-order valence-corrected chi connectivity index (χ0v) is 13.3. The van der Waals surface area contributed by atoms with Crippen molar-refractivity contribution in [2.24, 2.45) is 5.92 Å². The molecule has 1 aromatic carbocycles. The molecule has 21 heavy (non-hydrogen) atoms. The van der Waals surface area contributed by atoms with Crippen LogP contribution in [0.15, 0.2) is 18.2 Å². The largest absolute Gasteiger partial charge is 0.544 e. The van der Waals surface area contributed by atoms with Gasteiger partial charge in [-0.3, -0.25) is 0 Å². The number of hydrogen-bond acceptors (Lipinski definition) is 5. The third-order valence-electron chi connectivity index (χ3n) is 2.65. The summed E-state index contributed by atoms with van der Waals surface area (Å²) >= 11 is 1.89. The Morgan fingerprint density at radius 1 is 1.38 bits per heavy atom. The summed E-state index contributed by atoms with van der Waals surface area (Å²) in [6.07, 6.45) is -2.20. The fourth-order valence-electron chi connectivity index (χ4n) is 1.60. The number of hydrogen-bond donors (Lipinski definition) is 1. The molecule has 1 N–H and O–H groups in total. The lowest BCUT2D eigenvalue weighted by Gasteiger charge is -2.30. The van der Waals surface area contributed by atoms with Gasteiger partial charge in [-0.15, -0.1) is 0 Å². The first-order valence-electron chi connectivity index (χ1n) is 5.86. The summed E-state index contributed by atoms with van der Waals surface area (Å²) in [6, 6.07) is 3.92. The van der Waals surface area contributed by atoms with Gasteiger partial charge in [0.05, 0.1) is 0 Å². The second kappa shape index (κ2) is 6.54. The maximum atomic E-state index is 13.5. The number of ether oxygens (including phenoxy) is 1. The van der Waals surface area contributed by atoms with Gasteiger partial charge in [0, 0.05) is 3.57 Å². The minimum atomic E-state index is -4.33. The van der Waals surface area contributed by atoms with E-state index >= 15 is 0 Å². The Kier molecular flexibility index (Phi) is 5.48.